The molecular weight excluding hydrogens is 416 g/mol. The Hall–Kier alpha value is -3.60. The van der Waals surface area contributed by atoms with Crippen molar-refractivity contribution in [3.8, 4) is 22.6 Å². The van der Waals surface area contributed by atoms with Gasteiger partial charge < -0.3 is 14.9 Å². The molecule has 2 N–H and O–H groups in total. The quantitative estimate of drug-likeness (QED) is 0.401. The molecule has 0 spiro atoms. The second kappa shape index (κ2) is 9.49. The van der Waals surface area contributed by atoms with Crippen molar-refractivity contribution in [3.05, 3.63) is 82.4 Å². The van der Waals surface area contributed by atoms with Crippen molar-refractivity contribution >= 4 is 11.8 Å². The predicted molar refractivity (Wildman–Crippen MR) is 129 cm³/mol. The molecule has 0 atom stereocenters. The summed E-state index contributed by atoms with van der Waals surface area (Å²) in [6.07, 6.45) is 0.343. The van der Waals surface area contributed by atoms with Crippen molar-refractivity contribution in [1.82, 2.24) is 0 Å². The molecule has 0 heterocycles. The predicted octanol–water partition coefficient (Wildman–Crippen LogP) is 6.57. The molecule has 3 rings (SSSR count). The average Bonchev–Trinajstić information content (AvgIpc) is 2.74. The summed E-state index contributed by atoms with van der Waals surface area (Å²) in [4.78, 5) is 23.9. The summed E-state index contributed by atoms with van der Waals surface area (Å²) >= 11 is 0. The van der Waals surface area contributed by atoms with Crippen molar-refractivity contribution in [1.29, 1.82) is 0 Å². The zero-order valence-electron chi connectivity index (χ0n) is 19.7. The topological polar surface area (TPSA) is 83.8 Å². The molecule has 0 unspecified atom stereocenters. The largest absolute Gasteiger partial charge is 0.507 e. The van der Waals surface area contributed by atoms with Crippen LogP contribution in [0, 0.1) is 19.3 Å². The lowest BCUT2D eigenvalue weighted by Gasteiger charge is -2.18. The molecule has 0 fully saturated rings. The van der Waals surface area contributed by atoms with Crippen LogP contribution < -0.4 is 4.74 Å². The number of carboxylic acid groups (broad SMARTS) is 1. The number of ketones is 1. The van der Waals surface area contributed by atoms with E-state index in [1.807, 2.05) is 52.0 Å². The van der Waals surface area contributed by atoms with Gasteiger partial charge in [0, 0.05) is 12.0 Å². The zero-order chi connectivity index (χ0) is 24.3. The lowest BCUT2D eigenvalue weighted by Crippen LogP contribution is -2.13. The number of ether oxygens (including phenoxy) is 1. The van der Waals surface area contributed by atoms with E-state index in [2.05, 4.69) is 0 Å². The van der Waals surface area contributed by atoms with Gasteiger partial charge in [-0.15, -0.1) is 0 Å². The summed E-state index contributed by atoms with van der Waals surface area (Å²) < 4.78 is 5.96. The molecule has 0 aliphatic rings. The number of hydrogen-bond donors (Lipinski definition) is 2. The van der Waals surface area contributed by atoms with Crippen molar-refractivity contribution in [2.75, 3.05) is 0 Å². The van der Waals surface area contributed by atoms with Gasteiger partial charge in [0.1, 0.15) is 18.1 Å². The van der Waals surface area contributed by atoms with Crippen LogP contribution in [-0.2, 0) is 6.61 Å². The fourth-order valence-corrected chi connectivity index (χ4v) is 3.70. The minimum absolute atomic E-state index is 0.0448. The molecule has 0 saturated carbocycles. The molecule has 3 aromatic rings. The van der Waals surface area contributed by atoms with Crippen LogP contribution in [0.25, 0.3) is 11.1 Å². The van der Waals surface area contributed by atoms with E-state index in [1.54, 1.807) is 37.3 Å². The molecule has 5 heteroatoms. The van der Waals surface area contributed by atoms with E-state index in [9.17, 15) is 19.8 Å². The molecule has 172 valence electrons. The normalized spacial score (nSPS) is 11.3. The van der Waals surface area contributed by atoms with Gasteiger partial charge in [-0.3, -0.25) is 4.79 Å². The number of carbonyl (C=O) groups is 2. The van der Waals surface area contributed by atoms with Crippen LogP contribution >= 0.6 is 0 Å². The highest BCUT2D eigenvalue weighted by Gasteiger charge is 2.21. The number of phenols is 1. The lowest BCUT2D eigenvalue weighted by molar-refractivity contribution is 0.0696. The van der Waals surface area contributed by atoms with Crippen LogP contribution in [0.5, 0.6) is 11.5 Å². The number of Topliss-reactive ketones (excluding diaryl/α,β-unsaturated/α-hetero) is 1. The minimum atomic E-state index is -0.963. The Kier molecular flexibility index (Phi) is 6.92. The average molecular weight is 447 g/mol. The van der Waals surface area contributed by atoms with Gasteiger partial charge >= 0.3 is 5.97 Å². The summed E-state index contributed by atoms with van der Waals surface area (Å²) in [7, 11) is 0. The summed E-state index contributed by atoms with van der Waals surface area (Å²) in [6, 6.07) is 16.1. The van der Waals surface area contributed by atoms with E-state index in [-0.39, 0.29) is 29.1 Å². The number of benzene rings is 3. The SMILES string of the molecule is Cc1ccc(C(=O)O)cc1-c1cccc(COc2ccc(C(=O)CC(C)(C)C)c(O)c2C)c1. The smallest absolute Gasteiger partial charge is 0.335 e. The molecule has 0 bridgehead atoms. The highest BCUT2D eigenvalue weighted by molar-refractivity contribution is 5.99. The Labute approximate surface area is 194 Å². The Morgan fingerprint density at radius 1 is 0.970 bits per heavy atom. The Morgan fingerprint density at radius 2 is 1.70 bits per heavy atom. The third-order valence-corrected chi connectivity index (χ3v) is 5.49. The lowest BCUT2D eigenvalue weighted by atomic mass is 9.87. The van der Waals surface area contributed by atoms with Crippen LogP contribution in [-0.4, -0.2) is 22.0 Å². The first-order valence-corrected chi connectivity index (χ1v) is 10.9. The van der Waals surface area contributed by atoms with Gasteiger partial charge in [0.15, 0.2) is 5.78 Å². The maximum absolute atomic E-state index is 12.6. The van der Waals surface area contributed by atoms with Crippen LogP contribution in [0.2, 0.25) is 0 Å². The Morgan fingerprint density at radius 3 is 2.36 bits per heavy atom. The van der Waals surface area contributed by atoms with Gasteiger partial charge in [0.05, 0.1) is 11.1 Å². The van der Waals surface area contributed by atoms with E-state index in [0.29, 0.717) is 23.3 Å². The first-order chi connectivity index (χ1) is 15.5. The van der Waals surface area contributed by atoms with E-state index in [1.165, 1.54) is 0 Å². The maximum atomic E-state index is 12.6. The van der Waals surface area contributed by atoms with Gasteiger partial charge in [0.2, 0.25) is 0 Å². The van der Waals surface area contributed by atoms with Crippen molar-refractivity contribution in [2.45, 2.75) is 47.6 Å². The van der Waals surface area contributed by atoms with Gasteiger partial charge in [-0.1, -0.05) is 45.0 Å². The highest BCUT2D eigenvalue weighted by Crippen LogP contribution is 2.34. The monoisotopic (exact) mass is 446 g/mol. The number of hydrogen-bond acceptors (Lipinski definition) is 4. The molecule has 0 amide bonds. The number of aryl methyl sites for hydroxylation is 1. The second-order valence-electron chi connectivity index (χ2n) is 9.57. The van der Waals surface area contributed by atoms with Crippen LogP contribution in [0.1, 0.15) is 64.6 Å². The maximum Gasteiger partial charge on any atom is 0.335 e. The summed E-state index contributed by atoms with van der Waals surface area (Å²) in [5, 5.41) is 19.9. The fraction of sp³-hybridized carbons (Fsp3) is 0.286. The molecule has 0 saturated heterocycles. The number of aromatic carboxylic acids is 1. The van der Waals surface area contributed by atoms with E-state index in [0.717, 1.165) is 22.3 Å². The standard InChI is InChI=1S/C28H30O5/c1-17-9-10-21(27(31)32)14-23(17)20-8-6-7-19(13-20)16-33-25-12-11-22(26(30)18(25)2)24(29)15-28(3,4)5/h6-14,30H,15-16H2,1-5H3,(H,31,32). The minimum Gasteiger partial charge on any atom is -0.507 e. The van der Waals surface area contributed by atoms with Crippen LogP contribution in [0.3, 0.4) is 0 Å². The molecule has 3 aromatic carbocycles. The molecule has 0 aliphatic heterocycles. The van der Waals surface area contributed by atoms with E-state index < -0.39 is 5.97 Å². The third-order valence-electron chi connectivity index (χ3n) is 5.49. The molecule has 0 aliphatic carbocycles. The molecule has 0 aromatic heterocycles. The number of rotatable bonds is 7. The summed E-state index contributed by atoms with van der Waals surface area (Å²) in [5.41, 5.74) is 4.55. The number of carbonyl (C=O) groups excluding carboxylic acids is 1. The Balaban J connectivity index is 1.80. The third kappa shape index (κ3) is 5.80. The van der Waals surface area contributed by atoms with E-state index in [4.69, 9.17) is 4.74 Å². The molecule has 33 heavy (non-hydrogen) atoms. The summed E-state index contributed by atoms with van der Waals surface area (Å²) in [5.74, 6) is -0.595. The first kappa shape index (κ1) is 24.1. The molecule has 5 nitrogen and oxygen atoms in total. The van der Waals surface area contributed by atoms with Gasteiger partial charge in [-0.2, -0.15) is 0 Å². The Bertz CT molecular complexity index is 1200. The fourth-order valence-electron chi connectivity index (χ4n) is 3.70. The van der Waals surface area contributed by atoms with Gasteiger partial charge in [0.25, 0.3) is 0 Å². The van der Waals surface area contributed by atoms with Crippen molar-refractivity contribution < 1.29 is 24.5 Å². The summed E-state index contributed by atoms with van der Waals surface area (Å²) in [6.45, 7) is 9.90. The van der Waals surface area contributed by atoms with Gasteiger partial charge in [-0.25, -0.2) is 4.79 Å². The van der Waals surface area contributed by atoms with Gasteiger partial charge in [-0.05, 0) is 71.8 Å². The number of carboxylic acids is 1. The zero-order valence-corrected chi connectivity index (χ0v) is 19.7. The molecule has 0 radical (unpaired) electrons. The van der Waals surface area contributed by atoms with Crippen molar-refractivity contribution in [3.63, 3.8) is 0 Å². The first-order valence-electron chi connectivity index (χ1n) is 10.9. The number of aromatic hydroxyl groups is 1. The van der Waals surface area contributed by atoms with E-state index >= 15 is 0 Å². The second-order valence-corrected chi connectivity index (χ2v) is 9.57. The number of phenolic OH excluding ortho intramolecular Hbond substituents is 1. The molecular formula is C28H30O5. The van der Waals surface area contributed by atoms with Crippen LogP contribution in [0.4, 0.5) is 0 Å². The van der Waals surface area contributed by atoms with Crippen LogP contribution in [0.15, 0.2) is 54.6 Å². The van der Waals surface area contributed by atoms with Crippen molar-refractivity contribution in [2.24, 2.45) is 5.41 Å². The highest BCUT2D eigenvalue weighted by atomic mass is 16.5.